The van der Waals surface area contributed by atoms with E-state index in [-0.39, 0.29) is 11.0 Å². The van der Waals surface area contributed by atoms with Crippen molar-refractivity contribution < 1.29 is 12.6 Å². The summed E-state index contributed by atoms with van der Waals surface area (Å²) in [5.74, 6) is 0.0704. The number of benzene rings is 1. The molecule has 0 heterocycles. The number of nitrogens with one attached hydrogen (secondary N) is 1. The minimum atomic E-state index is -3.24. The average Bonchev–Trinajstić information content (AvgIpc) is 2.36. The highest BCUT2D eigenvalue weighted by Crippen LogP contribution is 2.21. The van der Waals surface area contributed by atoms with Crippen LogP contribution >= 0.6 is 0 Å². The van der Waals surface area contributed by atoms with Crippen molar-refractivity contribution in [3.63, 3.8) is 0 Å². The van der Waals surface area contributed by atoms with E-state index in [0.717, 1.165) is 0 Å². The number of hydrogen-bond donors (Lipinski definition) is 1. The molecule has 1 aromatic rings. The van der Waals surface area contributed by atoms with Crippen molar-refractivity contribution in [3.8, 4) is 0 Å². The fourth-order valence-electron chi connectivity index (χ4n) is 1.41. The van der Waals surface area contributed by atoms with E-state index in [1.165, 1.54) is 0 Å². The lowest BCUT2D eigenvalue weighted by Gasteiger charge is -2.14. The minimum Gasteiger partial charge on any atom is -0.383 e. The second-order valence-corrected chi connectivity index (χ2v) is 8.14. The van der Waals surface area contributed by atoms with Gasteiger partial charge in [-0.15, -0.1) is 0 Å². The molecular weight excluding hydrogens is 270 g/mol. The predicted molar refractivity (Wildman–Crippen MR) is 76.2 cm³/mol. The van der Waals surface area contributed by atoms with Crippen molar-refractivity contribution in [3.05, 3.63) is 24.3 Å². The molecule has 18 heavy (non-hydrogen) atoms. The van der Waals surface area contributed by atoms with Crippen LogP contribution in [0.5, 0.6) is 0 Å². The van der Waals surface area contributed by atoms with Crippen molar-refractivity contribution >= 4 is 26.3 Å². The van der Waals surface area contributed by atoms with Crippen LogP contribution < -0.4 is 5.32 Å². The van der Waals surface area contributed by atoms with Crippen LogP contribution in [-0.4, -0.2) is 36.4 Å². The molecule has 2 atom stereocenters. The zero-order valence-corrected chi connectivity index (χ0v) is 12.5. The van der Waals surface area contributed by atoms with E-state index in [1.807, 2.05) is 6.92 Å². The fourth-order valence-corrected chi connectivity index (χ4v) is 2.80. The molecule has 0 bridgehead atoms. The lowest BCUT2D eigenvalue weighted by molar-refractivity contribution is 0.597. The van der Waals surface area contributed by atoms with Crippen LogP contribution in [0.15, 0.2) is 29.2 Å². The van der Waals surface area contributed by atoms with Crippen LogP contribution in [0, 0.1) is 0 Å². The Morgan fingerprint density at radius 1 is 1.33 bits per heavy atom. The summed E-state index contributed by atoms with van der Waals surface area (Å²) >= 11 is 0. The van der Waals surface area contributed by atoms with Gasteiger partial charge >= 0.3 is 0 Å². The smallest absolute Gasteiger partial charge is 0.180 e. The lowest BCUT2D eigenvalue weighted by Crippen LogP contribution is -2.21. The molecule has 0 aliphatic carbocycles. The van der Waals surface area contributed by atoms with E-state index in [1.54, 1.807) is 37.4 Å². The molecule has 102 valence electrons. The van der Waals surface area contributed by atoms with Crippen molar-refractivity contribution in [2.24, 2.45) is 0 Å². The van der Waals surface area contributed by atoms with Crippen LogP contribution in [0.3, 0.4) is 0 Å². The zero-order chi connectivity index (χ0) is 13.8. The summed E-state index contributed by atoms with van der Waals surface area (Å²) < 4.78 is 35.1. The first-order valence-electron chi connectivity index (χ1n) is 5.76. The number of hydrogen-bond acceptors (Lipinski definition) is 4. The van der Waals surface area contributed by atoms with Gasteiger partial charge in [0.2, 0.25) is 0 Å². The Morgan fingerprint density at radius 3 is 2.50 bits per heavy atom. The number of para-hydroxylation sites is 1. The van der Waals surface area contributed by atoms with E-state index < -0.39 is 20.6 Å². The SMILES string of the molecule is CCS(=O)(=O)c1ccccc1NCC(C)S(C)=O. The molecular formula is C12H19NO3S2. The first kappa shape index (κ1) is 15.2. The van der Waals surface area contributed by atoms with Gasteiger partial charge < -0.3 is 5.32 Å². The molecule has 1 rings (SSSR count). The van der Waals surface area contributed by atoms with Crippen molar-refractivity contribution in [2.45, 2.75) is 24.0 Å². The average molecular weight is 289 g/mol. The first-order valence-corrected chi connectivity index (χ1v) is 9.03. The highest BCUT2D eigenvalue weighted by molar-refractivity contribution is 7.91. The molecule has 0 amide bonds. The first-order chi connectivity index (χ1) is 8.38. The quantitative estimate of drug-likeness (QED) is 0.865. The van der Waals surface area contributed by atoms with Gasteiger partial charge in [0.05, 0.1) is 16.3 Å². The van der Waals surface area contributed by atoms with E-state index >= 15 is 0 Å². The van der Waals surface area contributed by atoms with Gasteiger partial charge in [0.1, 0.15) is 0 Å². The van der Waals surface area contributed by atoms with Crippen molar-refractivity contribution in [2.75, 3.05) is 23.9 Å². The Kier molecular flexibility index (Phi) is 5.34. The van der Waals surface area contributed by atoms with Crippen LogP contribution in [0.25, 0.3) is 0 Å². The molecule has 0 spiro atoms. The van der Waals surface area contributed by atoms with Gasteiger partial charge in [0, 0.05) is 28.9 Å². The monoisotopic (exact) mass is 289 g/mol. The fraction of sp³-hybridized carbons (Fsp3) is 0.500. The number of anilines is 1. The number of rotatable bonds is 6. The number of sulfone groups is 1. The van der Waals surface area contributed by atoms with Crippen LogP contribution in [-0.2, 0) is 20.6 Å². The molecule has 0 aliphatic rings. The summed E-state index contributed by atoms with van der Waals surface area (Å²) in [6.45, 7) is 3.97. The standard InChI is InChI=1S/C12H19NO3S2/c1-4-18(15,16)12-8-6-5-7-11(12)13-9-10(2)17(3)14/h5-8,10,13H,4,9H2,1-3H3. The van der Waals surface area contributed by atoms with Gasteiger partial charge in [0.15, 0.2) is 9.84 Å². The summed E-state index contributed by atoms with van der Waals surface area (Å²) in [5, 5.41) is 3.04. The van der Waals surface area contributed by atoms with Crippen molar-refractivity contribution in [1.82, 2.24) is 0 Å². The maximum Gasteiger partial charge on any atom is 0.180 e. The van der Waals surface area contributed by atoms with Crippen LogP contribution in [0.2, 0.25) is 0 Å². The molecule has 1 aromatic carbocycles. The molecule has 2 unspecified atom stereocenters. The normalized spacial score (nSPS) is 15.1. The van der Waals surface area contributed by atoms with Gasteiger partial charge in [0.25, 0.3) is 0 Å². The minimum absolute atomic E-state index is 0.0256. The summed E-state index contributed by atoms with van der Waals surface area (Å²) in [7, 11) is -4.16. The third-order valence-electron chi connectivity index (χ3n) is 2.75. The summed E-state index contributed by atoms with van der Waals surface area (Å²) in [4.78, 5) is 0.307. The molecule has 0 saturated heterocycles. The highest BCUT2D eigenvalue weighted by Gasteiger charge is 2.16. The topological polar surface area (TPSA) is 63.2 Å². The lowest BCUT2D eigenvalue weighted by atomic mass is 10.3. The van der Waals surface area contributed by atoms with E-state index in [9.17, 15) is 12.6 Å². The van der Waals surface area contributed by atoms with Crippen LogP contribution in [0.4, 0.5) is 5.69 Å². The Bertz CT molecular complexity index is 526. The molecule has 4 nitrogen and oxygen atoms in total. The Hall–Kier alpha value is -0.880. The largest absolute Gasteiger partial charge is 0.383 e. The van der Waals surface area contributed by atoms with Gasteiger partial charge in [-0.25, -0.2) is 8.42 Å². The van der Waals surface area contributed by atoms with Crippen LogP contribution in [0.1, 0.15) is 13.8 Å². The second kappa shape index (κ2) is 6.33. The molecule has 0 fully saturated rings. The van der Waals surface area contributed by atoms with Gasteiger partial charge in [-0.1, -0.05) is 19.1 Å². The van der Waals surface area contributed by atoms with Gasteiger partial charge in [-0.2, -0.15) is 0 Å². The molecule has 6 heteroatoms. The summed E-state index contributed by atoms with van der Waals surface area (Å²) in [6, 6.07) is 6.81. The van der Waals surface area contributed by atoms with Crippen molar-refractivity contribution in [1.29, 1.82) is 0 Å². The summed E-state index contributed by atoms with van der Waals surface area (Å²) in [5.41, 5.74) is 0.580. The summed E-state index contributed by atoms with van der Waals surface area (Å²) in [6.07, 6.45) is 1.64. The second-order valence-electron chi connectivity index (χ2n) is 4.09. The Balaban J connectivity index is 2.94. The maximum absolute atomic E-state index is 11.9. The molecule has 0 saturated carbocycles. The third kappa shape index (κ3) is 3.81. The van der Waals surface area contributed by atoms with Gasteiger partial charge in [-0.05, 0) is 19.1 Å². The molecule has 0 radical (unpaired) electrons. The van der Waals surface area contributed by atoms with Gasteiger partial charge in [-0.3, -0.25) is 4.21 Å². The Labute approximate surface area is 111 Å². The molecule has 1 N–H and O–H groups in total. The van der Waals surface area contributed by atoms with E-state index in [2.05, 4.69) is 5.32 Å². The zero-order valence-electron chi connectivity index (χ0n) is 10.8. The predicted octanol–water partition coefficient (Wildman–Crippen LogP) is 1.66. The highest BCUT2D eigenvalue weighted by atomic mass is 32.2. The van der Waals surface area contributed by atoms with E-state index in [4.69, 9.17) is 0 Å². The Morgan fingerprint density at radius 2 is 1.94 bits per heavy atom. The third-order valence-corrected chi connectivity index (χ3v) is 5.83. The maximum atomic E-state index is 11.9. The molecule has 0 aromatic heterocycles. The van der Waals surface area contributed by atoms with E-state index in [0.29, 0.717) is 17.1 Å². The molecule has 0 aliphatic heterocycles.